The summed E-state index contributed by atoms with van der Waals surface area (Å²) in [6, 6.07) is 20.8. The summed E-state index contributed by atoms with van der Waals surface area (Å²) in [5, 5.41) is 13.8. The highest BCUT2D eigenvalue weighted by Crippen LogP contribution is 2.26. The third kappa shape index (κ3) is 3.80. The molecule has 0 radical (unpaired) electrons. The van der Waals surface area contributed by atoms with Crippen molar-refractivity contribution in [1.82, 2.24) is 10.3 Å². The van der Waals surface area contributed by atoms with E-state index in [-0.39, 0.29) is 6.42 Å². The first-order valence-corrected chi connectivity index (χ1v) is 9.51. The molecule has 2 N–H and O–H groups in total. The third-order valence-corrected chi connectivity index (χ3v) is 4.99. The topological polar surface area (TPSA) is 88.5 Å². The number of nitrogens with zero attached hydrogens (tertiary/aromatic N) is 1. The number of aromatic nitrogens is 1. The summed E-state index contributed by atoms with van der Waals surface area (Å²) in [7, 11) is 1.55. The molecule has 6 heteroatoms. The van der Waals surface area contributed by atoms with E-state index in [0.717, 1.165) is 5.56 Å². The van der Waals surface area contributed by atoms with Gasteiger partial charge in [-0.3, -0.25) is 4.79 Å². The molecule has 0 fully saturated rings. The smallest absolute Gasteiger partial charge is 0.326 e. The average Bonchev–Trinajstić information content (AvgIpc) is 2.76. The van der Waals surface area contributed by atoms with Crippen molar-refractivity contribution < 1.29 is 19.4 Å². The number of pyridine rings is 1. The SMILES string of the molecule is COc1cccc(C[C@@H](NC(=O)c2c3ccccc3nc3ccccc23)C(=O)O)c1. The van der Waals surface area contributed by atoms with Gasteiger partial charge in [0.2, 0.25) is 0 Å². The molecule has 4 rings (SSSR count). The lowest BCUT2D eigenvalue weighted by atomic mass is 10.0. The standard InChI is InChI=1S/C24H20N2O4/c1-30-16-8-6-7-15(13-16)14-21(24(28)29)26-23(27)22-17-9-2-4-11-19(17)25-20-12-5-3-10-18(20)22/h2-13,21H,14H2,1H3,(H,26,27)(H,28,29)/t21-/m1/s1. The van der Waals surface area contributed by atoms with Crippen LogP contribution >= 0.6 is 0 Å². The minimum atomic E-state index is -1.10. The highest BCUT2D eigenvalue weighted by Gasteiger charge is 2.24. The maximum atomic E-state index is 13.3. The summed E-state index contributed by atoms with van der Waals surface area (Å²) in [4.78, 5) is 29.8. The van der Waals surface area contributed by atoms with Crippen molar-refractivity contribution in [2.24, 2.45) is 0 Å². The Labute approximate surface area is 173 Å². The number of hydrogen-bond acceptors (Lipinski definition) is 4. The molecule has 1 amide bonds. The summed E-state index contributed by atoms with van der Waals surface area (Å²) < 4.78 is 5.20. The molecule has 30 heavy (non-hydrogen) atoms. The van der Waals surface area contributed by atoms with Crippen LogP contribution in [0, 0.1) is 0 Å². The van der Waals surface area contributed by atoms with Gasteiger partial charge in [0.25, 0.3) is 5.91 Å². The molecule has 0 bridgehead atoms. The molecule has 4 aromatic rings. The molecule has 0 saturated heterocycles. The second-order valence-electron chi connectivity index (χ2n) is 6.94. The lowest BCUT2D eigenvalue weighted by Gasteiger charge is -2.17. The van der Waals surface area contributed by atoms with Gasteiger partial charge in [0.15, 0.2) is 0 Å². The van der Waals surface area contributed by atoms with Gasteiger partial charge in [0, 0.05) is 17.2 Å². The minimum Gasteiger partial charge on any atom is -0.497 e. The van der Waals surface area contributed by atoms with Gasteiger partial charge in [-0.05, 0) is 29.8 Å². The number of methoxy groups -OCH3 is 1. The Hall–Kier alpha value is -3.93. The normalized spacial score (nSPS) is 11.9. The van der Waals surface area contributed by atoms with E-state index in [9.17, 15) is 14.7 Å². The molecule has 0 saturated carbocycles. The molecule has 1 atom stereocenters. The van der Waals surface area contributed by atoms with Crippen molar-refractivity contribution in [3.63, 3.8) is 0 Å². The first-order chi connectivity index (χ1) is 14.6. The van der Waals surface area contributed by atoms with E-state index in [2.05, 4.69) is 10.3 Å². The molecule has 6 nitrogen and oxygen atoms in total. The number of hydrogen-bond donors (Lipinski definition) is 2. The molecule has 0 aliphatic carbocycles. The van der Waals surface area contributed by atoms with Crippen molar-refractivity contribution >= 4 is 33.7 Å². The number of fused-ring (bicyclic) bond motifs is 2. The van der Waals surface area contributed by atoms with Gasteiger partial charge in [-0.1, -0.05) is 48.5 Å². The number of carboxylic acid groups (broad SMARTS) is 1. The number of nitrogens with one attached hydrogen (secondary N) is 1. The molecule has 150 valence electrons. The Morgan fingerprint density at radius 1 is 0.967 bits per heavy atom. The monoisotopic (exact) mass is 400 g/mol. The fourth-order valence-corrected chi connectivity index (χ4v) is 3.55. The molecule has 1 heterocycles. The molecule has 3 aromatic carbocycles. The summed E-state index contributed by atoms with van der Waals surface area (Å²) >= 11 is 0. The van der Waals surface area contributed by atoms with Gasteiger partial charge in [-0.2, -0.15) is 0 Å². The number of carboxylic acids is 1. The number of ether oxygens (including phenoxy) is 1. The van der Waals surface area contributed by atoms with Crippen LogP contribution in [-0.2, 0) is 11.2 Å². The van der Waals surface area contributed by atoms with Crippen LogP contribution in [0.5, 0.6) is 5.75 Å². The maximum Gasteiger partial charge on any atom is 0.326 e. The predicted molar refractivity (Wildman–Crippen MR) is 115 cm³/mol. The van der Waals surface area contributed by atoms with Gasteiger partial charge < -0.3 is 15.2 Å². The largest absolute Gasteiger partial charge is 0.497 e. The zero-order valence-electron chi connectivity index (χ0n) is 16.3. The minimum absolute atomic E-state index is 0.138. The number of carbonyl (C=O) groups is 2. The van der Waals surface area contributed by atoms with Gasteiger partial charge in [-0.15, -0.1) is 0 Å². The number of aliphatic carboxylic acids is 1. The van der Waals surface area contributed by atoms with Crippen molar-refractivity contribution in [2.45, 2.75) is 12.5 Å². The number of para-hydroxylation sites is 2. The first kappa shape index (κ1) is 19.4. The van der Waals surface area contributed by atoms with E-state index in [1.165, 1.54) is 0 Å². The zero-order chi connectivity index (χ0) is 21.1. The van der Waals surface area contributed by atoms with E-state index >= 15 is 0 Å². The van der Waals surface area contributed by atoms with E-state index in [1.54, 1.807) is 25.3 Å². The van der Waals surface area contributed by atoms with Gasteiger partial charge in [0.1, 0.15) is 11.8 Å². The highest BCUT2D eigenvalue weighted by molar-refractivity contribution is 6.16. The molecule has 0 aliphatic rings. The van der Waals surface area contributed by atoms with Gasteiger partial charge in [-0.25, -0.2) is 9.78 Å². The van der Waals surface area contributed by atoms with E-state index < -0.39 is 17.9 Å². The zero-order valence-corrected chi connectivity index (χ0v) is 16.3. The van der Waals surface area contributed by atoms with Crippen LogP contribution in [0.25, 0.3) is 21.8 Å². The van der Waals surface area contributed by atoms with E-state index in [4.69, 9.17) is 4.74 Å². The highest BCUT2D eigenvalue weighted by atomic mass is 16.5. The van der Waals surface area contributed by atoms with Crippen molar-refractivity contribution in [3.8, 4) is 5.75 Å². The Bertz CT molecular complexity index is 1200. The maximum absolute atomic E-state index is 13.3. The van der Waals surface area contributed by atoms with Crippen LogP contribution in [0.15, 0.2) is 72.8 Å². The second kappa shape index (κ2) is 8.21. The summed E-state index contributed by atoms with van der Waals surface area (Å²) in [6.07, 6.45) is 0.138. The number of amides is 1. The Morgan fingerprint density at radius 2 is 1.60 bits per heavy atom. The van der Waals surface area contributed by atoms with E-state index in [0.29, 0.717) is 33.1 Å². The van der Waals surface area contributed by atoms with Crippen molar-refractivity contribution in [1.29, 1.82) is 0 Å². The quantitative estimate of drug-likeness (QED) is 0.480. The van der Waals surface area contributed by atoms with Crippen LogP contribution in [0.1, 0.15) is 15.9 Å². The Kier molecular flexibility index (Phi) is 5.30. The summed E-state index contributed by atoms with van der Waals surface area (Å²) in [5.74, 6) is -0.914. The first-order valence-electron chi connectivity index (χ1n) is 9.51. The Morgan fingerprint density at radius 3 is 2.20 bits per heavy atom. The summed E-state index contributed by atoms with van der Waals surface area (Å²) in [6.45, 7) is 0. The molecule has 0 unspecified atom stereocenters. The molecule has 0 spiro atoms. The van der Waals surface area contributed by atoms with Crippen molar-refractivity contribution in [3.05, 3.63) is 83.9 Å². The average molecular weight is 400 g/mol. The molecule has 0 aliphatic heterocycles. The molecule has 1 aromatic heterocycles. The summed E-state index contributed by atoms with van der Waals surface area (Å²) in [5.41, 5.74) is 2.54. The second-order valence-corrected chi connectivity index (χ2v) is 6.94. The number of rotatable bonds is 6. The molecular formula is C24H20N2O4. The van der Waals surface area contributed by atoms with Gasteiger partial charge >= 0.3 is 5.97 Å². The van der Waals surface area contributed by atoms with Crippen LogP contribution in [0.3, 0.4) is 0 Å². The lowest BCUT2D eigenvalue weighted by Crippen LogP contribution is -2.42. The molecular weight excluding hydrogens is 380 g/mol. The Balaban J connectivity index is 1.72. The van der Waals surface area contributed by atoms with E-state index in [1.807, 2.05) is 54.6 Å². The van der Waals surface area contributed by atoms with Crippen LogP contribution < -0.4 is 10.1 Å². The number of carbonyl (C=O) groups excluding carboxylic acids is 1. The van der Waals surface area contributed by atoms with Crippen LogP contribution in [-0.4, -0.2) is 35.1 Å². The fraction of sp³-hybridized carbons (Fsp3) is 0.125. The number of benzene rings is 3. The van der Waals surface area contributed by atoms with Crippen molar-refractivity contribution in [2.75, 3.05) is 7.11 Å². The van der Waals surface area contributed by atoms with Crippen LogP contribution in [0.4, 0.5) is 0 Å². The fourth-order valence-electron chi connectivity index (χ4n) is 3.55. The predicted octanol–water partition coefficient (Wildman–Crippen LogP) is 3.82. The lowest BCUT2D eigenvalue weighted by molar-refractivity contribution is -0.139. The van der Waals surface area contributed by atoms with Gasteiger partial charge in [0.05, 0.1) is 23.7 Å². The third-order valence-electron chi connectivity index (χ3n) is 4.99. The van der Waals surface area contributed by atoms with Crippen LogP contribution in [0.2, 0.25) is 0 Å².